The SMILES string of the molecule is CC1SCCCC1NCCCC1CCCC1. The summed E-state index contributed by atoms with van der Waals surface area (Å²) < 4.78 is 0. The number of thioether (sulfide) groups is 1. The van der Waals surface area contributed by atoms with E-state index in [1.807, 2.05) is 0 Å². The number of hydrogen-bond acceptors (Lipinski definition) is 2. The van der Waals surface area contributed by atoms with Gasteiger partial charge in [0.25, 0.3) is 0 Å². The van der Waals surface area contributed by atoms with Gasteiger partial charge in [-0.15, -0.1) is 0 Å². The van der Waals surface area contributed by atoms with Gasteiger partial charge in [0, 0.05) is 11.3 Å². The molecule has 1 aliphatic carbocycles. The van der Waals surface area contributed by atoms with Crippen molar-refractivity contribution in [2.75, 3.05) is 12.3 Å². The first kappa shape index (κ1) is 12.8. The Kier molecular flexibility index (Phi) is 5.51. The van der Waals surface area contributed by atoms with Gasteiger partial charge in [-0.25, -0.2) is 0 Å². The normalized spacial score (nSPS) is 32.1. The van der Waals surface area contributed by atoms with Gasteiger partial charge in [0.1, 0.15) is 0 Å². The van der Waals surface area contributed by atoms with Crippen molar-refractivity contribution in [3.63, 3.8) is 0 Å². The van der Waals surface area contributed by atoms with Crippen molar-refractivity contribution in [2.24, 2.45) is 5.92 Å². The van der Waals surface area contributed by atoms with Crippen molar-refractivity contribution in [3.8, 4) is 0 Å². The maximum Gasteiger partial charge on any atom is 0.0184 e. The lowest BCUT2D eigenvalue weighted by atomic mass is 10.0. The zero-order valence-corrected chi connectivity index (χ0v) is 11.5. The minimum absolute atomic E-state index is 0.794. The minimum Gasteiger partial charge on any atom is -0.313 e. The average Bonchev–Trinajstić information content (AvgIpc) is 2.79. The molecule has 0 bridgehead atoms. The van der Waals surface area contributed by atoms with Gasteiger partial charge in [0.05, 0.1) is 0 Å². The van der Waals surface area contributed by atoms with E-state index in [1.54, 1.807) is 0 Å². The lowest BCUT2D eigenvalue weighted by molar-refractivity contribution is 0.424. The van der Waals surface area contributed by atoms with Crippen molar-refractivity contribution >= 4 is 11.8 Å². The van der Waals surface area contributed by atoms with Crippen LogP contribution >= 0.6 is 11.8 Å². The molecule has 0 radical (unpaired) electrons. The van der Waals surface area contributed by atoms with E-state index in [-0.39, 0.29) is 0 Å². The van der Waals surface area contributed by atoms with Gasteiger partial charge in [-0.2, -0.15) is 11.8 Å². The van der Waals surface area contributed by atoms with Gasteiger partial charge in [0.2, 0.25) is 0 Å². The van der Waals surface area contributed by atoms with Crippen molar-refractivity contribution in [1.82, 2.24) is 5.32 Å². The van der Waals surface area contributed by atoms with Crippen molar-refractivity contribution in [3.05, 3.63) is 0 Å². The Bertz CT molecular complexity index is 189. The number of nitrogens with one attached hydrogen (secondary N) is 1. The highest BCUT2D eigenvalue weighted by Gasteiger charge is 2.21. The second-order valence-corrected chi connectivity index (χ2v) is 7.06. The molecule has 1 nitrogen and oxygen atoms in total. The molecular weight excluding hydrogens is 214 g/mol. The Labute approximate surface area is 105 Å². The van der Waals surface area contributed by atoms with Crippen LogP contribution < -0.4 is 5.32 Å². The molecule has 2 atom stereocenters. The van der Waals surface area contributed by atoms with Crippen LogP contribution in [0.5, 0.6) is 0 Å². The number of rotatable bonds is 5. The highest BCUT2D eigenvalue weighted by atomic mass is 32.2. The maximum absolute atomic E-state index is 3.77. The smallest absolute Gasteiger partial charge is 0.0184 e. The van der Waals surface area contributed by atoms with Gasteiger partial charge in [-0.1, -0.05) is 32.6 Å². The Balaban J connectivity index is 1.53. The van der Waals surface area contributed by atoms with E-state index < -0.39 is 0 Å². The van der Waals surface area contributed by atoms with Gasteiger partial charge in [-0.3, -0.25) is 0 Å². The first-order valence-electron chi connectivity index (χ1n) is 7.21. The lowest BCUT2D eigenvalue weighted by Gasteiger charge is -2.29. The summed E-state index contributed by atoms with van der Waals surface area (Å²) in [5.74, 6) is 2.45. The van der Waals surface area contributed by atoms with E-state index in [0.29, 0.717) is 0 Å². The molecule has 0 aromatic heterocycles. The monoisotopic (exact) mass is 241 g/mol. The molecule has 1 heterocycles. The van der Waals surface area contributed by atoms with Crippen LogP contribution in [-0.4, -0.2) is 23.6 Å². The Morgan fingerprint density at radius 2 is 1.94 bits per heavy atom. The number of hydrogen-bond donors (Lipinski definition) is 1. The summed E-state index contributed by atoms with van der Waals surface area (Å²) in [6, 6.07) is 0.794. The summed E-state index contributed by atoms with van der Waals surface area (Å²) in [6.45, 7) is 3.64. The molecule has 2 rings (SSSR count). The summed E-state index contributed by atoms with van der Waals surface area (Å²) in [5, 5.41) is 4.61. The molecule has 0 amide bonds. The predicted molar refractivity (Wildman–Crippen MR) is 74.1 cm³/mol. The van der Waals surface area contributed by atoms with Crippen molar-refractivity contribution in [1.29, 1.82) is 0 Å². The predicted octanol–water partition coefficient (Wildman–Crippen LogP) is 3.83. The molecule has 1 aliphatic heterocycles. The first-order valence-corrected chi connectivity index (χ1v) is 8.26. The lowest BCUT2D eigenvalue weighted by Crippen LogP contribution is -2.39. The minimum atomic E-state index is 0.794. The summed E-state index contributed by atoms with van der Waals surface area (Å²) in [7, 11) is 0. The Morgan fingerprint density at radius 3 is 2.69 bits per heavy atom. The summed E-state index contributed by atoms with van der Waals surface area (Å²) in [6.07, 6.45) is 11.7. The summed E-state index contributed by atoms with van der Waals surface area (Å²) in [4.78, 5) is 0. The third kappa shape index (κ3) is 3.96. The highest BCUT2D eigenvalue weighted by molar-refractivity contribution is 7.99. The third-order valence-corrected chi connectivity index (χ3v) is 5.66. The molecule has 2 unspecified atom stereocenters. The van der Waals surface area contributed by atoms with E-state index in [4.69, 9.17) is 0 Å². The topological polar surface area (TPSA) is 12.0 Å². The molecule has 2 heteroatoms. The molecular formula is C14H27NS. The molecule has 2 aliphatic rings. The zero-order valence-electron chi connectivity index (χ0n) is 10.7. The van der Waals surface area contributed by atoms with Crippen LogP contribution in [0.1, 0.15) is 58.3 Å². The van der Waals surface area contributed by atoms with Crippen LogP contribution in [0.25, 0.3) is 0 Å². The summed E-state index contributed by atoms with van der Waals surface area (Å²) in [5.41, 5.74) is 0. The quantitative estimate of drug-likeness (QED) is 0.734. The molecule has 94 valence electrons. The Hall–Kier alpha value is 0.310. The largest absolute Gasteiger partial charge is 0.313 e. The molecule has 1 saturated carbocycles. The van der Waals surface area contributed by atoms with Gasteiger partial charge >= 0.3 is 0 Å². The second kappa shape index (κ2) is 6.90. The third-order valence-electron chi connectivity index (χ3n) is 4.28. The fourth-order valence-electron chi connectivity index (χ4n) is 3.17. The van der Waals surface area contributed by atoms with E-state index in [1.165, 1.54) is 63.7 Å². The van der Waals surface area contributed by atoms with Crippen LogP contribution in [0.3, 0.4) is 0 Å². The molecule has 16 heavy (non-hydrogen) atoms. The molecule has 2 fully saturated rings. The average molecular weight is 241 g/mol. The fourth-order valence-corrected chi connectivity index (χ4v) is 4.34. The van der Waals surface area contributed by atoms with Crippen molar-refractivity contribution < 1.29 is 0 Å². The van der Waals surface area contributed by atoms with Gasteiger partial charge in [0.15, 0.2) is 0 Å². The Morgan fingerprint density at radius 1 is 1.12 bits per heavy atom. The molecule has 0 spiro atoms. The van der Waals surface area contributed by atoms with Gasteiger partial charge < -0.3 is 5.32 Å². The van der Waals surface area contributed by atoms with Gasteiger partial charge in [-0.05, 0) is 43.9 Å². The van der Waals surface area contributed by atoms with Crippen LogP contribution in [-0.2, 0) is 0 Å². The second-order valence-electron chi connectivity index (χ2n) is 5.57. The molecule has 0 aromatic rings. The standard InChI is InChI=1S/C14H27NS/c1-12-14(9-5-11-16-12)15-10-4-8-13-6-2-3-7-13/h12-15H,2-11H2,1H3. The van der Waals surface area contributed by atoms with E-state index in [0.717, 1.165) is 17.2 Å². The van der Waals surface area contributed by atoms with Crippen LogP contribution in [0.2, 0.25) is 0 Å². The van der Waals surface area contributed by atoms with Crippen LogP contribution in [0, 0.1) is 5.92 Å². The maximum atomic E-state index is 3.77. The first-order chi connectivity index (χ1) is 7.86. The molecule has 1 N–H and O–H groups in total. The van der Waals surface area contributed by atoms with E-state index in [2.05, 4.69) is 24.0 Å². The molecule has 0 aromatic carbocycles. The van der Waals surface area contributed by atoms with Crippen molar-refractivity contribution in [2.45, 2.75) is 69.6 Å². The van der Waals surface area contributed by atoms with Crippen LogP contribution in [0.4, 0.5) is 0 Å². The fraction of sp³-hybridized carbons (Fsp3) is 1.00. The van der Waals surface area contributed by atoms with Crippen LogP contribution in [0.15, 0.2) is 0 Å². The zero-order chi connectivity index (χ0) is 11.2. The molecule has 1 saturated heterocycles. The van der Waals surface area contributed by atoms with E-state index in [9.17, 15) is 0 Å². The van der Waals surface area contributed by atoms with E-state index >= 15 is 0 Å². The highest BCUT2D eigenvalue weighted by Crippen LogP contribution is 2.28. The summed E-state index contributed by atoms with van der Waals surface area (Å²) >= 11 is 2.15.